The van der Waals surface area contributed by atoms with E-state index in [0.717, 1.165) is 31.6 Å². The van der Waals surface area contributed by atoms with Crippen molar-refractivity contribution in [1.29, 1.82) is 0 Å². The largest absolute Gasteiger partial charge is 0.391 e. The van der Waals surface area contributed by atoms with Crippen LogP contribution in [-0.2, 0) is 0 Å². The Bertz CT molecular complexity index is 335. The van der Waals surface area contributed by atoms with Gasteiger partial charge in [-0.3, -0.25) is 0 Å². The summed E-state index contributed by atoms with van der Waals surface area (Å²) < 4.78 is 5.09. The second-order valence-corrected chi connectivity index (χ2v) is 4.13. The van der Waals surface area contributed by atoms with Gasteiger partial charge in [-0.2, -0.15) is 4.98 Å². The lowest BCUT2D eigenvalue weighted by atomic mass is 9.89. The number of aliphatic hydroxyl groups is 1. The highest BCUT2D eigenvalue weighted by Crippen LogP contribution is 2.39. The van der Waals surface area contributed by atoms with Crippen LogP contribution in [0, 0.1) is 0 Å². The average Bonchev–Trinajstić information content (AvgIpc) is 2.93. The Balaban J connectivity index is 1.64. The maximum absolute atomic E-state index is 9.35. The smallest absolute Gasteiger partial charge is 0.263 e. The van der Waals surface area contributed by atoms with E-state index in [4.69, 9.17) is 4.52 Å². The van der Waals surface area contributed by atoms with Crippen LogP contribution in [0.1, 0.15) is 37.5 Å². The highest BCUT2D eigenvalue weighted by atomic mass is 16.5. The number of hydrogen-bond donors (Lipinski definition) is 2. The standard InChI is InChI=1S/C9H13N3O2/c13-7-4-3-6(7)10-9-11-8(14-12-9)5-1-2-5/h5-7,13H,1-4H2,(H,10,12)/t6-,7-/m1/s1. The number of anilines is 1. The summed E-state index contributed by atoms with van der Waals surface area (Å²) in [5, 5.41) is 16.2. The topological polar surface area (TPSA) is 71.2 Å². The normalized spacial score (nSPS) is 31.2. The van der Waals surface area contributed by atoms with Crippen LogP contribution in [-0.4, -0.2) is 27.4 Å². The minimum atomic E-state index is -0.252. The van der Waals surface area contributed by atoms with E-state index >= 15 is 0 Å². The Labute approximate surface area is 81.5 Å². The van der Waals surface area contributed by atoms with Gasteiger partial charge >= 0.3 is 0 Å². The predicted molar refractivity (Wildman–Crippen MR) is 48.9 cm³/mol. The molecule has 14 heavy (non-hydrogen) atoms. The van der Waals surface area contributed by atoms with E-state index in [1.165, 1.54) is 0 Å². The Morgan fingerprint density at radius 3 is 2.71 bits per heavy atom. The van der Waals surface area contributed by atoms with Gasteiger partial charge in [-0.05, 0) is 30.8 Å². The second-order valence-electron chi connectivity index (χ2n) is 4.13. The van der Waals surface area contributed by atoms with Gasteiger partial charge in [-0.15, -0.1) is 0 Å². The molecule has 2 N–H and O–H groups in total. The van der Waals surface area contributed by atoms with Gasteiger partial charge < -0.3 is 14.9 Å². The van der Waals surface area contributed by atoms with E-state index in [1.807, 2.05) is 0 Å². The van der Waals surface area contributed by atoms with Crippen LogP contribution < -0.4 is 5.32 Å². The Hall–Kier alpha value is -1.10. The monoisotopic (exact) mass is 195 g/mol. The zero-order chi connectivity index (χ0) is 9.54. The third-order valence-electron chi connectivity index (χ3n) is 2.92. The number of aliphatic hydroxyl groups excluding tert-OH is 1. The SMILES string of the molecule is O[C@@H]1CC[C@H]1Nc1noc(C2CC2)n1. The third-order valence-corrected chi connectivity index (χ3v) is 2.92. The fourth-order valence-electron chi connectivity index (χ4n) is 1.61. The van der Waals surface area contributed by atoms with Crippen molar-refractivity contribution in [2.24, 2.45) is 0 Å². The van der Waals surface area contributed by atoms with Crippen LogP contribution in [0.25, 0.3) is 0 Å². The van der Waals surface area contributed by atoms with E-state index in [2.05, 4.69) is 15.5 Å². The van der Waals surface area contributed by atoms with Gasteiger partial charge in [0.1, 0.15) is 0 Å². The number of rotatable bonds is 3. The maximum atomic E-state index is 9.35. The van der Waals surface area contributed by atoms with E-state index in [9.17, 15) is 5.11 Å². The van der Waals surface area contributed by atoms with E-state index in [-0.39, 0.29) is 12.1 Å². The molecule has 0 radical (unpaired) electrons. The number of nitrogens with one attached hydrogen (secondary N) is 1. The molecule has 1 aromatic rings. The van der Waals surface area contributed by atoms with Gasteiger partial charge in [0.05, 0.1) is 12.1 Å². The molecular weight excluding hydrogens is 182 g/mol. The Morgan fingerprint density at radius 1 is 1.29 bits per heavy atom. The predicted octanol–water partition coefficient (Wildman–Crippen LogP) is 0.882. The molecule has 0 aliphatic heterocycles. The molecular formula is C9H13N3O2. The van der Waals surface area contributed by atoms with Crippen molar-refractivity contribution in [1.82, 2.24) is 10.1 Å². The van der Waals surface area contributed by atoms with Crippen molar-refractivity contribution >= 4 is 5.95 Å². The van der Waals surface area contributed by atoms with Crippen molar-refractivity contribution in [3.63, 3.8) is 0 Å². The first-order chi connectivity index (χ1) is 6.83. The van der Waals surface area contributed by atoms with Crippen molar-refractivity contribution in [3.05, 3.63) is 5.89 Å². The van der Waals surface area contributed by atoms with Crippen LogP contribution in [0.3, 0.4) is 0 Å². The molecule has 5 heteroatoms. The number of aromatic nitrogens is 2. The van der Waals surface area contributed by atoms with Gasteiger partial charge in [0.15, 0.2) is 0 Å². The first-order valence-electron chi connectivity index (χ1n) is 5.11. The lowest BCUT2D eigenvalue weighted by Crippen LogP contribution is -2.42. The maximum Gasteiger partial charge on any atom is 0.263 e. The molecule has 0 saturated heterocycles. The molecule has 0 bridgehead atoms. The Kier molecular flexibility index (Phi) is 1.73. The van der Waals surface area contributed by atoms with Crippen LogP contribution in [0.4, 0.5) is 5.95 Å². The van der Waals surface area contributed by atoms with Gasteiger partial charge in [-0.25, -0.2) is 0 Å². The molecule has 2 saturated carbocycles. The molecule has 2 aliphatic rings. The Morgan fingerprint density at radius 2 is 2.14 bits per heavy atom. The van der Waals surface area contributed by atoms with E-state index in [0.29, 0.717) is 11.9 Å². The second kappa shape index (κ2) is 2.95. The fraction of sp³-hybridized carbons (Fsp3) is 0.778. The van der Waals surface area contributed by atoms with Gasteiger partial charge in [0, 0.05) is 5.92 Å². The minimum absolute atomic E-state index is 0.111. The van der Waals surface area contributed by atoms with Crippen LogP contribution >= 0.6 is 0 Å². The van der Waals surface area contributed by atoms with E-state index < -0.39 is 0 Å². The van der Waals surface area contributed by atoms with Crippen LogP contribution in [0.5, 0.6) is 0 Å². The van der Waals surface area contributed by atoms with Crippen molar-refractivity contribution in [2.45, 2.75) is 43.7 Å². The molecule has 76 valence electrons. The first kappa shape index (κ1) is 8.23. The summed E-state index contributed by atoms with van der Waals surface area (Å²) in [4.78, 5) is 4.23. The molecule has 3 rings (SSSR count). The average molecular weight is 195 g/mol. The summed E-state index contributed by atoms with van der Waals surface area (Å²) in [6.07, 6.45) is 3.92. The summed E-state index contributed by atoms with van der Waals surface area (Å²) in [6.45, 7) is 0. The lowest BCUT2D eigenvalue weighted by molar-refractivity contribution is 0.0781. The summed E-state index contributed by atoms with van der Waals surface area (Å²) in [5.74, 6) is 1.75. The van der Waals surface area contributed by atoms with Crippen LogP contribution in [0.15, 0.2) is 4.52 Å². The van der Waals surface area contributed by atoms with Gasteiger partial charge in [-0.1, -0.05) is 0 Å². The molecule has 2 fully saturated rings. The molecule has 2 atom stereocenters. The fourth-order valence-corrected chi connectivity index (χ4v) is 1.61. The molecule has 5 nitrogen and oxygen atoms in total. The summed E-state index contributed by atoms with van der Waals surface area (Å²) in [6, 6.07) is 0.111. The summed E-state index contributed by atoms with van der Waals surface area (Å²) >= 11 is 0. The third kappa shape index (κ3) is 1.37. The molecule has 0 spiro atoms. The highest BCUT2D eigenvalue weighted by Gasteiger charge is 2.32. The minimum Gasteiger partial charge on any atom is -0.391 e. The van der Waals surface area contributed by atoms with Crippen molar-refractivity contribution in [3.8, 4) is 0 Å². The molecule has 0 unspecified atom stereocenters. The first-order valence-corrected chi connectivity index (χ1v) is 5.11. The van der Waals surface area contributed by atoms with E-state index in [1.54, 1.807) is 0 Å². The van der Waals surface area contributed by atoms with Crippen molar-refractivity contribution < 1.29 is 9.63 Å². The summed E-state index contributed by atoms with van der Waals surface area (Å²) in [7, 11) is 0. The molecule has 0 amide bonds. The molecule has 0 aromatic carbocycles. The van der Waals surface area contributed by atoms with Gasteiger partial charge in [0.25, 0.3) is 5.95 Å². The zero-order valence-corrected chi connectivity index (χ0v) is 7.81. The number of nitrogens with zero attached hydrogens (tertiary/aromatic N) is 2. The molecule has 1 heterocycles. The quantitative estimate of drug-likeness (QED) is 0.749. The molecule has 2 aliphatic carbocycles. The van der Waals surface area contributed by atoms with Crippen molar-refractivity contribution in [2.75, 3.05) is 5.32 Å². The molecule has 1 aromatic heterocycles. The van der Waals surface area contributed by atoms with Crippen LogP contribution in [0.2, 0.25) is 0 Å². The highest BCUT2D eigenvalue weighted by molar-refractivity contribution is 5.26. The lowest BCUT2D eigenvalue weighted by Gasteiger charge is -2.32. The van der Waals surface area contributed by atoms with Gasteiger partial charge in [0.2, 0.25) is 5.89 Å². The summed E-state index contributed by atoms with van der Waals surface area (Å²) in [5.41, 5.74) is 0. The zero-order valence-electron chi connectivity index (χ0n) is 7.81. The number of hydrogen-bond acceptors (Lipinski definition) is 5.